The highest BCUT2D eigenvalue weighted by atomic mass is 16.5. The van der Waals surface area contributed by atoms with Crippen molar-refractivity contribution in [3.63, 3.8) is 0 Å². The van der Waals surface area contributed by atoms with E-state index in [1.807, 2.05) is 32.0 Å². The average molecular weight is 315 g/mol. The van der Waals surface area contributed by atoms with Crippen molar-refractivity contribution in [1.29, 1.82) is 0 Å². The Labute approximate surface area is 135 Å². The molecule has 0 bridgehead atoms. The summed E-state index contributed by atoms with van der Waals surface area (Å²) in [7, 11) is 0. The van der Waals surface area contributed by atoms with Gasteiger partial charge in [0.15, 0.2) is 5.82 Å². The zero-order valence-corrected chi connectivity index (χ0v) is 13.8. The Morgan fingerprint density at radius 3 is 2.30 bits per heavy atom. The van der Waals surface area contributed by atoms with Gasteiger partial charge in [-0.1, -0.05) is 11.2 Å². The van der Waals surface area contributed by atoms with E-state index in [1.165, 1.54) is 6.92 Å². The number of hydrogen-bond donors (Lipinski definition) is 1. The number of carbonyl (C=O) groups excluding carboxylic acids is 2. The lowest BCUT2D eigenvalue weighted by Crippen LogP contribution is -2.32. The molecule has 6 nitrogen and oxygen atoms in total. The Morgan fingerprint density at radius 1 is 1.13 bits per heavy atom. The number of carbonyl (C=O) groups is 2. The summed E-state index contributed by atoms with van der Waals surface area (Å²) in [5.41, 5.74) is 2.96. The molecule has 1 heterocycles. The molecule has 2 rings (SSSR count). The van der Waals surface area contributed by atoms with E-state index in [1.54, 1.807) is 17.9 Å². The third-order valence-electron chi connectivity index (χ3n) is 3.36. The minimum absolute atomic E-state index is 0.0971. The number of hydrogen-bond acceptors (Lipinski definition) is 4. The first-order chi connectivity index (χ1) is 10.8. The zero-order valence-electron chi connectivity index (χ0n) is 13.8. The molecule has 0 saturated heterocycles. The van der Waals surface area contributed by atoms with Gasteiger partial charge in [-0.05, 0) is 44.0 Å². The van der Waals surface area contributed by atoms with Crippen molar-refractivity contribution < 1.29 is 14.1 Å². The van der Waals surface area contributed by atoms with Crippen LogP contribution in [0.15, 0.2) is 28.8 Å². The summed E-state index contributed by atoms with van der Waals surface area (Å²) >= 11 is 0. The van der Waals surface area contributed by atoms with Gasteiger partial charge < -0.3 is 14.7 Å². The summed E-state index contributed by atoms with van der Waals surface area (Å²) in [5.74, 6) is 0.697. The highest BCUT2D eigenvalue weighted by Gasteiger charge is 2.15. The fraction of sp³-hybridized carbons (Fsp3) is 0.353. The third kappa shape index (κ3) is 4.67. The maximum atomic E-state index is 12.0. The fourth-order valence-corrected chi connectivity index (χ4v) is 2.42. The monoisotopic (exact) mass is 315 g/mol. The first kappa shape index (κ1) is 16.7. The van der Waals surface area contributed by atoms with Gasteiger partial charge in [0.25, 0.3) is 0 Å². The van der Waals surface area contributed by atoms with Crippen LogP contribution in [0.2, 0.25) is 0 Å². The number of aryl methyl sites for hydroxylation is 3. The molecule has 0 fully saturated rings. The van der Waals surface area contributed by atoms with Crippen molar-refractivity contribution in [2.75, 3.05) is 16.8 Å². The van der Waals surface area contributed by atoms with Crippen molar-refractivity contribution >= 4 is 23.3 Å². The van der Waals surface area contributed by atoms with E-state index >= 15 is 0 Å². The van der Waals surface area contributed by atoms with Crippen LogP contribution in [0.1, 0.15) is 30.2 Å². The molecule has 0 saturated carbocycles. The summed E-state index contributed by atoms with van der Waals surface area (Å²) < 4.78 is 4.90. The molecule has 0 aliphatic heterocycles. The van der Waals surface area contributed by atoms with Crippen LogP contribution in [-0.2, 0) is 9.59 Å². The smallest absolute Gasteiger partial charge is 0.227 e. The van der Waals surface area contributed by atoms with Crippen molar-refractivity contribution in [3.05, 3.63) is 41.2 Å². The Bertz CT molecular complexity index is 701. The number of aromatic nitrogens is 1. The molecule has 1 aromatic heterocycles. The van der Waals surface area contributed by atoms with E-state index in [0.29, 0.717) is 18.1 Å². The number of anilines is 2. The molecule has 0 spiro atoms. The summed E-state index contributed by atoms with van der Waals surface area (Å²) in [4.78, 5) is 25.5. The SMILES string of the molecule is CC(=O)N(CCC(=O)Nc1cc(C)on1)c1cc(C)cc(C)c1. The van der Waals surface area contributed by atoms with E-state index in [0.717, 1.165) is 16.8 Å². The lowest BCUT2D eigenvalue weighted by atomic mass is 10.1. The first-order valence-electron chi connectivity index (χ1n) is 7.44. The molecule has 1 aromatic carbocycles. The standard InChI is InChI=1S/C17H21N3O3/c1-11-7-12(2)9-15(8-11)20(14(4)21)6-5-17(22)18-16-10-13(3)23-19-16/h7-10H,5-6H2,1-4H3,(H,18,19,22). The van der Waals surface area contributed by atoms with Crippen LogP contribution >= 0.6 is 0 Å². The summed E-state index contributed by atoms with van der Waals surface area (Å²) in [6, 6.07) is 7.56. The van der Waals surface area contributed by atoms with Gasteiger partial charge in [-0.2, -0.15) is 0 Å². The van der Waals surface area contributed by atoms with Crippen molar-refractivity contribution in [2.24, 2.45) is 0 Å². The molecular formula is C17H21N3O3. The van der Waals surface area contributed by atoms with E-state index in [2.05, 4.69) is 10.5 Å². The Balaban J connectivity index is 2.02. The van der Waals surface area contributed by atoms with Crippen LogP contribution in [0.3, 0.4) is 0 Å². The van der Waals surface area contributed by atoms with Gasteiger partial charge in [0.2, 0.25) is 11.8 Å². The minimum atomic E-state index is -0.214. The Kier molecular flexibility index (Phi) is 5.16. The molecule has 1 N–H and O–H groups in total. The third-order valence-corrected chi connectivity index (χ3v) is 3.36. The minimum Gasteiger partial charge on any atom is -0.360 e. The van der Waals surface area contributed by atoms with Crippen molar-refractivity contribution in [1.82, 2.24) is 5.16 Å². The van der Waals surface area contributed by atoms with Crippen LogP contribution in [0.5, 0.6) is 0 Å². The lowest BCUT2D eigenvalue weighted by Gasteiger charge is -2.22. The lowest BCUT2D eigenvalue weighted by molar-refractivity contribution is -0.117. The molecule has 0 aliphatic carbocycles. The van der Waals surface area contributed by atoms with Crippen LogP contribution in [0, 0.1) is 20.8 Å². The quantitative estimate of drug-likeness (QED) is 0.920. The maximum Gasteiger partial charge on any atom is 0.227 e. The van der Waals surface area contributed by atoms with Crippen LogP contribution in [0.25, 0.3) is 0 Å². The molecule has 0 aliphatic rings. The molecule has 122 valence electrons. The maximum absolute atomic E-state index is 12.0. The predicted octanol–water partition coefficient (Wildman–Crippen LogP) is 2.98. The Hall–Kier alpha value is -2.63. The van der Waals surface area contributed by atoms with Gasteiger partial charge in [-0.3, -0.25) is 9.59 Å². The molecule has 2 amide bonds. The van der Waals surface area contributed by atoms with E-state index < -0.39 is 0 Å². The van der Waals surface area contributed by atoms with E-state index in [-0.39, 0.29) is 18.2 Å². The second kappa shape index (κ2) is 7.09. The van der Waals surface area contributed by atoms with E-state index in [9.17, 15) is 9.59 Å². The summed E-state index contributed by atoms with van der Waals surface area (Å²) in [6.07, 6.45) is 0.179. The normalized spacial score (nSPS) is 10.4. The second-order valence-corrected chi connectivity index (χ2v) is 5.64. The molecular weight excluding hydrogens is 294 g/mol. The number of nitrogens with zero attached hydrogens (tertiary/aromatic N) is 2. The summed E-state index contributed by atoms with van der Waals surface area (Å²) in [6.45, 7) is 7.51. The molecule has 0 radical (unpaired) electrons. The fourth-order valence-electron chi connectivity index (χ4n) is 2.42. The molecule has 23 heavy (non-hydrogen) atoms. The van der Waals surface area contributed by atoms with Gasteiger partial charge in [-0.15, -0.1) is 0 Å². The topological polar surface area (TPSA) is 75.4 Å². The highest BCUT2D eigenvalue weighted by molar-refractivity contribution is 5.94. The number of amides is 2. The largest absolute Gasteiger partial charge is 0.360 e. The number of benzene rings is 1. The Morgan fingerprint density at radius 2 is 1.78 bits per heavy atom. The molecule has 2 aromatic rings. The van der Waals surface area contributed by atoms with Crippen LogP contribution < -0.4 is 10.2 Å². The first-order valence-corrected chi connectivity index (χ1v) is 7.44. The predicted molar refractivity (Wildman–Crippen MR) is 88.4 cm³/mol. The summed E-state index contributed by atoms with van der Waals surface area (Å²) in [5, 5.41) is 6.36. The number of rotatable bonds is 5. The molecule has 6 heteroatoms. The molecule has 0 atom stereocenters. The average Bonchev–Trinajstić information content (AvgIpc) is 2.82. The van der Waals surface area contributed by atoms with Crippen LogP contribution in [-0.4, -0.2) is 23.5 Å². The van der Waals surface area contributed by atoms with Crippen molar-refractivity contribution in [3.8, 4) is 0 Å². The van der Waals surface area contributed by atoms with Gasteiger partial charge >= 0.3 is 0 Å². The van der Waals surface area contributed by atoms with Gasteiger partial charge in [0, 0.05) is 31.6 Å². The number of nitrogens with one attached hydrogen (secondary N) is 1. The van der Waals surface area contributed by atoms with Crippen molar-refractivity contribution in [2.45, 2.75) is 34.1 Å². The highest BCUT2D eigenvalue weighted by Crippen LogP contribution is 2.19. The molecule has 0 unspecified atom stereocenters. The van der Waals surface area contributed by atoms with E-state index in [4.69, 9.17) is 4.52 Å². The zero-order chi connectivity index (χ0) is 17.0. The van der Waals surface area contributed by atoms with Crippen LogP contribution in [0.4, 0.5) is 11.5 Å². The second-order valence-electron chi connectivity index (χ2n) is 5.64. The van der Waals surface area contributed by atoms with Gasteiger partial charge in [-0.25, -0.2) is 0 Å². The van der Waals surface area contributed by atoms with Gasteiger partial charge in [0.1, 0.15) is 5.76 Å². The van der Waals surface area contributed by atoms with Gasteiger partial charge in [0.05, 0.1) is 0 Å².